The molecule has 1 aromatic carbocycles. The molecule has 1 aromatic rings. The first kappa shape index (κ1) is 14.7. The molecule has 2 rings (SSSR count). The third-order valence-corrected chi connectivity index (χ3v) is 3.67. The fourth-order valence-electron chi connectivity index (χ4n) is 2.36. The van der Waals surface area contributed by atoms with Crippen LogP contribution in [0.1, 0.15) is 23.2 Å². The lowest BCUT2D eigenvalue weighted by Gasteiger charge is -2.29. The minimum atomic E-state index is -0.0725. The lowest BCUT2D eigenvalue weighted by molar-refractivity contribution is 0.0916. The van der Waals surface area contributed by atoms with E-state index in [1.54, 1.807) is 32.4 Å². The zero-order valence-corrected chi connectivity index (χ0v) is 12.3. The number of nitrogens with one attached hydrogen (secondary N) is 1. The molecule has 0 bridgehead atoms. The molecule has 5 heteroatoms. The molecule has 1 N–H and O–H groups in total. The molecule has 1 amide bonds. The van der Waals surface area contributed by atoms with E-state index in [2.05, 4.69) is 17.3 Å². The van der Waals surface area contributed by atoms with Crippen LogP contribution in [0.25, 0.3) is 0 Å². The minimum Gasteiger partial charge on any atom is -0.497 e. The first-order chi connectivity index (χ1) is 9.62. The molecule has 0 saturated carbocycles. The van der Waals surface area contributed by atoms with E-state index in [1.807, 2.05) is 0 Å². The van der Waals surface area contributed by atoms with Gasteiger partial charge in [0.1, 0.15) is 11.5 Å². The molecule has 110 valence electrons. The van der Waals surface area contributed by atoms with E-state index >= 15 is 0 Å². The zero-order valence-electron chi connectivity index (χ0n) is 12.3. The second-order valence-electron chi connectivity index (χ2n) is 5.15. The van der Waals surface area contributed by atoms with E-state index < -0.39 is 0 Å². The summed E-state index contributed by atoms with van der Waals surface area (Å²) in [5.41, 5.74) is 0.570. The van der Waals surface area contributed by atoms with E-state index in [0.29, 0.717) is 17.1 Å². The van der Waals surface area contributed by atoms with E-state index in [-0.39, 0.29) is 11.9 Å². The third kappa shape index (κ3) is 3.63. The molecule has 1 aliphatic rings. The Bertz CT molecular complexity index is 446. The van der Waals surface area contributed by atoms with Gasteiger partial charge in [-0.15, -0.1) is 0 Å². The molecule has 1 heterocycles. The highest BCUT2D eigenvalue weighted by Crippen LogP contribution is 2.22. The Balaban J connectivity index is 2.04. The van der Waals surface area contributed by atoms with Crippen molar-refractivity contribution in [2.45, 2.75) is 18.9 Å². The molecule has 0 aromatic heterocycles. The van der Waals surface area contributed by atoms with Crippen molar-refractivity contribution >= 4 is 5.91 Å². The molecular formula is C15H22N2O3. The quantitative estimate of drug-likeness (QED) is 0.907. The van der Waals surface area contributed by atoms with Crippen LogP contribution >= 0.6 is 0 Å². The first-order valence-corrected chi connectivity index (χ1v) is 6.85. The maximum atomic E-state index is 12.3. The number of hydrogen-bond acceptors (Lipinski definition) is 4. The van der Waals surface area contributed by atoms with Gasteiger partial charge in [-0.3, -0.25) is 4.79 Å². The van der Waals surface area contributed by atoms with Gasteiger partial charge in [0.2, 0.25) is 0 Å². The summed E-state index contributed by atoms with van der Waals surface area (Å²) >= 11 is 0. The Morgan fingerprint density at radius 3 is 2.20 bits per heavy atom. The van der Waals surface area contributed by atoms with Crippen LogP contribution in [0.4, 0.5) is 0 Å². The number of carbonyl (C=O) groups is 1. The van der Waals surface area contributed by atoms with Crippen LogP contribution in [-0.2, 0) is 0 Å². The fraction of sp³-hybridized carbons (Fsp3) is 0.533. The topological polar surface area (TPSA) is 50.8 Å². The molecule has 0 spiro atoms. The summed E-state index contributed by atoms with van der Waals surface area (Å²) in [6.07, 6.45) is 1.98. The average molecular weight is 278 g/mol. The molecule has 0 radical (unpaired) electrons. The maximum absolute atomic E-state index is 12.3. The molecular weight excluding hydrogens is 256 g/mol. The van der Waals surface area contributed by atoms with Crippen LogP contribution in [0.15, 0.2) is 18.2 Å². The van der Waals surface area contributed by atoms with Gasteiger partial charge in [-0.2, -0.15) is 0 Å². The van der Waals surface area contributed by atoms with E-state index in [1.165, 1.54) is 0 Å². The van der Waals surface area contributed by atoms with Gasteiger partial charge in [-0.05, 0) is 45.1 Å². The summed E-state index contributed by atoms with van der Waals surface area (Å²) in [6, 6.07) is 5.46. The number of hydrogen-bond donors (Lipinski definition) is 1. The molecule has 1 fully saturated rings. The van der Waals surface area contributed by atoms with Crippen molar-refractivity contribution in [1.29, 1.82) is 0 Å². The van der Waals surface area contributed by atoms with Crippen molar-refractivity contribution in [3.05, 3.63) is 23.8 Å². The zero-order chi connectivity index (χ0) is 14.5. The summed E-state index contributed by atoms with van der Waals surface area (Å²) < 4.78 is 10.4. The number of carbonyl (C=O) groups excluding carboxylic acids is 1. The summed E-state index contributed by atoms with van der Waals surface area (Å²) in [6.45, 7) is 2.04. The second-order valence-corrected chi connectivity index (χ2v) is 5.15. The summed E-state index contributed by atoms with van der Waals surface area (Å²) in [7, 11) is 5.26. The number of benzene rings is 1. The SMILES string of the molecule is COc1cc(OC)cc(C(=O)NC2CCN(C)CC2)c1. The van der Waals surface area contributed by atoms with Crippen LogP contribution < -0.4 is 14.8 Å². The van der Waals surface area contributed by atoms with Gasteiger partial charge < -0.3 is 19.7 Å². The predicted octanol–water partition coefficient (Wildman–Crippen LogP) is 1.53. The smallest absolute Gasteiger partial charge is 0.251 e. The highest BCUT2D eigenvalue weighted by atomic mass is 16.5. The Labute approximate surface area is 119 Å². The molecule has 20 heavy (non-hydrogen) atoms. The number of amides is 1. The largest absolute Gasteiger partial charge is 0.497 e. The Morgan fingerprint density at radius 2 is 1.70 bits per heavy atom. The van der Waals surface area contributed by atoms with E-state index in [9.17, 15) is 4.79 Å². The minimum absolute atomic E-state index is 0.0725. The van der Waals surface area contributed by atoms with Gasteiger partial charge in [0.15, 0.2) is 0 Å². The lowest BCUT2D eigenvalue weighted by atomic mass is 10.0. The van der Waals surface area contributed by atoms with Crippen molar-refractivity contribution < 1.29 is 14.3 Å². The number of rotatable bonds is 4. The van der Waals surface area contributed by atoms with Crippen LogP contribution in [-0.4, -0.2) is 51.2 Å². The Kier molecular flexibility index (Phi) is 4.84. The molecule has 0 aliphatic carbocycles. The number of likely N-dealkylation sites (tertiary alicyclic amines) is 1. The van der Waals surface area contributed by atoms with Gasteiger partial charge in [0.25, 0.3) is 5.91 Å². The van der Waals surface area contributed by atoms with Gasteiger partial charge in [-0.1, -0.05) is 0 Å². The number of methoxy groups -OCH3 is 2. The van der Waals surface area contributed by atoms with Gasteiger partial charge >= 0.3 is 0 Å². The second kappa shape index (κ2) is 6.61. The normalized spacial score (nSPS) is 16.8. The molecule has 0 unspecified atom stereocenters. The van der Waals surface area contributed by atoms with Crippen LogP contribution in [0, 0.1) is 0 Å². The Hall–Kier alpha value is -1.75. The van der Waals surface area contributed by atoms with Gasteiger partial charge in [-0.25, -0.2) is 0 Å². The van der Waals surface area contributed by atoms with Gasteiger partial charge in [0.05, 0.1) is 14.2 Å². The Morgan fingerprint density at radius 1 is 1.15 bits per heavy atom. The molecule has 5 nitrogen and oxygen atoms in total. The van der Waals surface area contributed by atoms with Crippen LogP contribution in [0.2, 0.25) is 0 Å². The number of nitrogens with zero attached hydrogens (tertiary/aromatic N) is 1. The van der Waals surface area contributed by atoms with Crippen LogP contribution in [0.3, 0.4) is 0 Å². The van der Waals surface area contributed by atoms with Crippen molar-refractivity contribution in [1.82, 2.24) is 10.2 Å². The molecule has 1 aliphatic heterocycles. The fourth-order valence-corrected chi connectivity index (χ4v) is 2.36. The van der Waals surface area contributed by atoms with Crippen molar-refractivity contribution in [2.24, 2.45) is 0 Å². The van der Waals surface area contributed by atoms with Crippen molar-refractivity contribution in [3.8, 4) is 11.5 Å². The van der Waals surface area contributed by atoms with Gasteiger partial charge in [0, 0.05) is 17.7 Å². The third-order valence-electron chi connectivity index (χ3n) is 3.67. The summed E-state index contributed by atoms with van der Waals surface area (Å²) in [5, 5.41) is 3.08. The standard InChI is InChI=1S/C15H22N2O3/c1-17-6-4-12(5-7-17)16-15(18)11-8-13(19-2)10-14(9-11)20-3/h8-10,12H,4-7H2,1-3H3,(H,16,18). The van der Waals surface area contributed by atoms with E-state index in [0.717, 1.165) is 25.9 Å². The number of piperidine rings is 1. The number of ether oxygens (including phenoxy) is 2. The molecule has 0 atom stereocenters. The van der Waals surface area contributed by atoms with Crippen molar-refractivity contribution in [3.63, 3.8) is 0 Å². The monoisotopic (exact) mass is 278 g/mol. The van der Waals surface area contributed by atoms with Crippen LogP contribution in [0.5, 0.6) is 11.5 Å². The average Bonchev–Trinajstić information content (AvgIpc) is 2.48. The maximum Gasteiger partial charge on any atom is 0.251 e. The molecule has 1 saturated heterocycles. The summed E-state index contributed by atoms with van der Waals surface area (Å²) in [4.78, 5) is 14.6. The highest BCUT2D eigenvalue weighted by Gasteiger charge is 2.19. The highest BCUT2D eigenvalue weighted by molar-refractivity contribution is 5.95. The predicted molar refractivity (Wildman–Crippen MR) is 77.5 cm³/mol. The lowest BCUT2D eigenvalue weighted by Crippen LogP contribution is -2.43. The first-order valence-electron chi connectivity index (χ1n) is 6.85. The summed E-state index contributed by atoms with van der Waals surface area (Å²) in [5.74, 6) is 1.17. The van der Waals surface area contributed by atoms with Crippen molar-refractivity contribution in [2.75, 3.05) is 34.4 Å². The van der Waals surface area contributed by atoms with E-state index in [4.69, 9.17) is 9.47 Å².